The number of oxazole rings is 1. The summed E-state index contributed by atoms with van der Waals surface area (Å²) >= 11 is 0. The lowest BCUT2D eigenvalue weighted by Gasteiger charge is -2.27. The molecule has 2 rings (SSSR count). The molecule has 15 heavy (non-hydrogen) atoms. The van der Waals surface area contributed by atoms with Crippen LogP contribution in [0.2, 0.25) is 0 Å². The van der Waals surface area contributed by atoms with Crippen molar-refractivity contribution < 1.29 is 4.42 Å². The zero-order chi connectivity index (χ0) is 10.9. The van der Waals surface area contributed by atoms with Gasteiger partial charge < -0.3 is 9.73 Å². The van der Waals surface area contributed by atoms with Crippen LogP contribution >= 0.6 is 0 Å². The number of rotatable bonds is 3. The Morgan fingerprint density at radius 2 is 2.40 bits per heavy atom. The highest BCUT2D eigenvalue weighted by molar-refractivity contribution is 4.94. The third-order valence-corrected chi connectivity index (χ3v) is 3.43. The standard InChI is InChI=1S/C12H20N2O/c1-9-7-14-11(15-9)8-13-10-5-4-6-12(10,2)3/h7,10,13H,4-6,8H2,1-3H3. The average Bonchev–Trinajstić information content (AvgIpc) is 2.69. The van der Waals surface area contributed by atoms with Crippen molar-refractivity contribution in [2.24, 2.45) is 5.41 Å². The molecule has 3 heteroatoms. The molecule has 0 spiro atoms. The lowest BCUT2D eigenvalue weighted by atomic mass is 9.87. The predicted molar refractivity (Wildman–Crippen MR) is 59.5 cm³/mol. The first-order valence-corrected chi connectivity index (χ1v) is 5.72. The van der Waals surface area contributed by atoms with Gasteiger partial charge in [0.25, 0.3) is 0 Å². The summed E-state index contributed by atoms with van der Waals surface area (Å²) in [5, 5.41) is 3.55. The highest BCUT2D eigenvalue weighted by Crippen LogP contribution is 2.37. The van der Waals surface area contributed by atoms with Gasteiger partial charge in [-0.1, -0.05) is 20.3 Å². The summed E-state index contributed by atoms with van der Waals surface area (Å²) in [6, 6.07) is 0.602. The van der Waals surface area contributed by atoms with Gasteiger partial charge in [0.1, 0.15) is 5.76 Å². The first kappa shape index (κ1) is 10.7. The molecule has 1 saturated carbocycles. The number of nitrogens with one attached hydrogen (secondary N) is 1. The highest BCUT2D eigenvalue weighted by Gasteiger charge is 2.33. The second kappa shape index (κ2) is 3.97. The topological polar surface area (TPSA) is 38.1 Å². The number of nitrogens with zero attached hydrogens (tertiary/aromatic N) is 1. The Kier molecular flexibility index (Phi) is 2.83. The quantitative estimate of drug-likeness (QED) is 0.829. The fourth-order valence-corrected chi connectivity index (χ4v) is 2.40. The lowest BCUT2D eigenvalue weighted by molar-refractivity contribution is 0.273. The van der Waals surface area contributed by atoms with Crippen molar-refractivity contribution >= 4 is 0 Å². The molecule has 0 saturated heterocycles. The molecule has 0 bridgehead atoms. The molecule has 1 heterocycles. The zero-order valence-electron chi connectivity index (χ0n) is 9.84. The van der Waals surface area contributed by atoms with Crippen molar-refractivity contribution in [1.29, 1.82) is 0 Å². The van der Waals surface area contributed by atoms with E-state index in [1.165, 1.54) is 19.3 Å². The molecule has 1 unspecified atom stereocenters. The molecule has 1 N–H and O–H groups in total. The number of hydrogen-bond donors (Lipinski definition) is 1. The van der Waals surface area contributed by atoms with Crippen LogP contribution in [-0.2, 0) is 6.54 Å². The van der Waals surface area contributed by atoms with E-state index in [1.807, 2.05) is 6.92 Å². The molecule has 0 aliphatic heterocycles. The highest BCUT2D eigenvalue weighted by atomic mass is 16.4. The van der Waals surface area contributed by atoms with E-state index in [-0.39, 0.29) is 0 Å². The van der Waals surface area contributed by atoms with E-state index in [0.29, 0.717) is 11.5 Å². The van der Waals surface area contributed by atoms with Crippen LogP contribution in [0.1, 0.15) is 44.8 Å². The van der Waals surface area contributed by atoms with Crippen molar-refractivity contribution in [3.05, 3.63) is 17.8 Å². The van der Waals surface area contributed by atoms with Gasteiger partial charge >= 0.3 is 0 Å². The van der Waals surface area contributed by atoms with Crippen LogP contribution in [0.4, 0.5) is 0 Å². The Labute approximate surface area is 91.3 Å². The molecule has 1 aromatic heterocycles. The molecule has 84 valence electrons. The first-order chi connectivity index (χ1) is 7.08. The van der Waals surface area contributed by atoms with Crippen LogP contribution < -0.4 is 5.32 Å². The maximum absolute atomic E-state index is 5.44. The zero-order valence-corrected chi connectivity index (χ0v) is 9.84. The Hall–Kier alpha value is -0.830. The van der Waals surface area contributed by atoms with Gasteiger partial charge in [-0.25, -0.2) is 4.98 Å². The molecular formula is C12H20N2O. The second-order valence-electron chi connectivity index (χ2n) is 5.18. The molecule has 1 atom stereocenters. The van der Waals surface area contributed by atoms with E-state index in [1.54, 1.807) is 6.20 Å². The monoisotopic (exact) mass is 208 g/mol. The SMILES string of the molecule is Cc1cnc(CNC2CCCC2(C)C)o1. The third-order valence-electron chi connectivity index (χ3n) is 3.43. The molecule has 0 aromatic carbocycles. The fraction of sp³-hybridized carbons (Fsp3) is 0.750. The molecule has 3 nitrogen and oxygen atoms in total. The maximum atomic E-state index is 5.44. The number of aromatic nitrogens is 1. The summed E-state index contributed by atoms with van der Waals surface area (Å²) in [7, 11) is 0. The van der Waals surface area contributed by atoms with Crippen LogP contribution in [0.5, 0.6) is 0 Å². The van der Waals surface area contributed by atoms with E-state index in [4.69, 9.17) is 4.42 Å². The van der Waals surface area contributed by atoms with E-state index >= 15 is 0 Å². The normalized spacial score (nSPS) is 24.6. The van der Waals surface area contributed by atoms with Gasteiger partial charge in [-0.05, 0) is 25.2 Å². The molecular weight excluding hydrogens is 188 g/mol. The second-order valence-corrected chi connectivity index (χ2v) is 5.18. The molecule has 1 aromatic rings. The Morgan fingerprint density at radius 3 is 2.93 bits per heavy atom. The first-order valence-electron chi connectivity index (χ1n) is 5.72. The van der Waals surface area contributed by atoms with Gasteiger partial charge in [-0.3, -0.25) is 0 Å². The van der Waals surface area contributed by atoms with Crippen LogP contribution in [0, 0.1) is 12.3 Å². The number of hydrogen-bond acceptors (Lipinski definition) is 3. The van der Waals surface area contributed by atoms with Gasteiger partial charge in [-0.15, -0.1) is 0 Å². The van der Waals surface area contributed by atoms with Crippen molar-refractivity contribution in [2.75, 3.05) is 0 Å². The van der Waals surface area contributed by atoms with Crippen molar-refractivity contribution in [3.63, 3.8) is 0 Å². The predicted octanol–water partition coefficient (Wildman–Crippen LogP) is 2.65. The Balaban J connectivity index is 1.88. The molecule has 1 aliphatic carbocycles. The molecule has 1 fully saturated rings. The molecule has 0 radical (unpaired) electrons. The van der Waals surface area contributed by atoms with Gasteiger partial charge in [0.2, 0.25) is 5.89 Å². The number of aryl methyl sites for hydroxylation is 1. The van der Waals surface area contributed by atoms with Crippen molar-refractivity contribution in [2.45, 2.75) is 52.6 Å². The summed E-state index contributed by atoms with van der Waals surface area (Å²) in [5.41, 5.74) is 0.418. The minimum Gasteiger partial charge on any atom is -0.445 e. The Bertz CT molecular complexity index is 330. The smallest absolute Gasteiger partial charge is 0.208 e. The van der Waals surface area contributed by atoms with Gasteiger partial charge in [0.15, 0.2) is 0 Å². The van der Waals surface area contributed by atoms with E-state index in [9.17, 15) is 0 Å². The fourth-order valence-electron chi connectivity index (χ4n) is 2.40. The van der Waals surface area contributed by atoms with Gasteiger partial charge in [-0.2, -0.15) is 0 Å². The molecule has 0 amide bonds. The minimum absolute atomic E-state index is 0.418. The van der Waals surface area contributed by atoms with E-state index in [0.717, 1.165) is 18.2 Å². The largest absolute Gasteiger partial charge is 0.445 e. The van der Waals surface area contributed by atoms with Crippen molar-refractivity contribution in [3.8, 4) is 0 Å². The summed E-state index contributed by atoms with van der Waals surface area (Å²) < 4.78 is 5.44. The molecule has 1 aliphatic rings. The summed E-state index contributed by atoms with van der Waals surface area (Å²) in [4.78, 5) is 4.20. The average molecular weight is 208 g/mol. The van der Waals surface area contributed by atoms with E-state index in [2.05, 4.69) is 24.1 Å². The summed E-state index contributed by atoms with van der Waals surface area (Å²) in [5.74, 6) is 1.69. The lowest BCUT2D eigenvalue weighted by Crippen LogP contribution is -2.37. The summed E-state index contributed by atoms with van der Waals surface area (Å²) in [6.45, 7) is 7.34. The summed E-state index contributed by atoms with van der Waals surface area (Å²) in [6.07, 6.45) is 5.69. The van der Waals surface area contributed by atoms with Gasteiger partial charge in [0.05, 0.1) is 12.7 Å². The van der Waals surface area contributed by atoms with Crippen LogP contribution in [-0.4, -0.2) is 11.0 Å². The van der Waals surface area contributed by atoms with Crippen LogP contribution in [0.3, 0.4) is 0 Å². The third kappa shape index (κ3) is 2.40. The van der Waals surface area contributed by atoms with E-state index < -0.39 is 0 Å². The van der Waals surface area contributed by atoms with Crippen molar-refractivity contribution in [1.82, 2.24) is 10.3 Å². The van der Waals surface area contributed by atoms with Gasteiger partial charge in [0, 0.05) is 6.04 Å². The maximum Gasteiger partial charge on any atom is 0.208 e. The minimum atomic E-state index is 0.418. The van der Waals surface area contributed by atoms with Crippen LogP contribution in [0.15, 0.2) is 10.6 Å². The Morgan fingerprint density at radius 1 is 1.60 bits per heavy atom. The van der Waals surface area contributed by atoms with Crippen LogP contribution in [0.25, 0.3) is 0 Å².